The molecule has 0 saturated carbocycles. The van der Waals surface area contributed by atoms with E-state index < -0.39 is 27.8 Å². The Hall–Kier alpha value is -2.49. The number of ether oxygens (including phenoxy) is 1. The predicted molar refractivity (Wildman–Crippen MR) is 103 cm³/mol. The number of aryl methyl sites for hydroxylation is 2. The first-order valence-corrected chi connectivity index (χ1v) is 11.0. The quantitative estimate of drug-likeness (QED) is 0.675. The van der Waals surface area contributed by atoms with Crippen LogP contribution in [0.4, 0.5) is 0 Å². The van der Waals surface area contributed by atoms with Crippen molar-refractivity contribution in [2.75, 3.05) is 18.1 Å². The number of hydrogen-bond acceptors (Lipinski definition) is 7. The Labute approximate surface area is 163 Å². The van der Waals surface area contributed by atoms with E-state index in [-0.39, 0.29) is 23.1 Å². The molecule has 9 nitrogen and oxygen atoms in total. The van der Waals surface area contributed by atoms with Crippen LogP contribution in [0.5, 0.6) is 0 Å². The highest BCUT2D eigenvalue weighted by Gasteiger charge is 2.36. The van der Waals surface area contributed by atoms with Crippen molar-refractivity contribution < 1.29 is 22.7 Å². The van der Waals surface area contributed by atoms with Gasteiger partial charge in [0.25, 0.3) is 5.91 Å². The fraction of sp³-hybridized carbons (Fsp3) is 0.556. The Morgan fingerprint density at radius 2 is 2.14 bits per heavy atom. The van der Waals surface area contributed by atoms with E-state index in [1.165, 1.54) is 18.0 Å². The molecule has 0 N–H and O–H groups in total. The maximum absolute atomic E-state index is 12.7. The summed E-state index contributed by atoms with van der Waals surface area (Å²) in [6, 6.07) is 1.27. The van der Waals surface area contributed by atoms with E-state index in [9.17, 15) is 18.0 Å². The maximum atomic E-state index is 12.7. The Bertz CT molecular complexity index is 1030. The fourth-order valence-corrected chi connectivity index (χ4v) is 5.28. The van der Waals surface area contributed by atoms with Crippen LogP contribution in [-0.4, -0.2) is 70.2 Å². The molecule has 152 valence electrons. The monoisotopic (exact) mass is 408 g/mol. The van der Waals surface area contributed by atoms with E-state index in [4.69, 9.17) is 4.74 Å². The molecule has 0 aliphatic carbocycles. The lowest BCUT2D eigenvalue weighted by Crippen LogP contribution is -2.46. The topological polar surface area (TPSA) is 111 Å². The predicted octanol–water partition coefficient (Wildman–Crippen LogP) is 0.858. The maximum Gasteiger partial charge on any atom is 0.340 e. The number of amides is 1. The van der Waals surface area contributed by atoms with Crippen LogP contribution in [0.25, 0.3) is 11.0 Å². The number of carbonyl (C=O) groups excluding carboxylic acids is 2. The van der Waals surface area contributed by atoms with Crippen LogP contribution >= 0.6 is 0 Å². The third-order valence-corrected chi connectivity index (χ3v) is 6.75. The van der Waals surface area contributed by atoms with Gasteiger partial charge in [-0.1, -0.05) is 0 Å². The van der Waals surface area contributed by atoms with Crippen molar-refractivity contribution in [1.82, 2.24) is 19.7 Å². The van der Waals surface area contributed by atoms with Crippen molar-refractivity contribution in [1.29, 1.82) is 0 Å². The number of likely N-dealkylation sites (N-methyl/N-ethyl adjacent to an activating group) is 1. The molecule has 2 atom stereocenters. The van der Waals surface area contributed by atoms with Gasteiger partial charge in [0.1, 0.15) is 0 Å². The second-order valence-corrected chi connectivity index (χ2v) is 9.26. The van der Waals surface area contributed by atoms with E-state index in [0.29, 0.717) is 18.6 Å². The summed E-state index contributed by atoms with van der Waals surface area (Å²) in [6.45, 7) is 5.44. The third kappa shape index (κ3) is 3.87. The summed E-state index contributed by atoms with van der Waals surface area (Å²) in [4.78, 5) is 31.0. The van der Waals surface area contributed by atoms with Crippen molar-refractivity contribution in [3.8, 4) is 0 Å². The molecule has 1 aliphatic rings. The SMILES string of the molecule is CCN(C(=O)C(C)OC(=O)c1cnc2c(c1)c(C)nn2C)C1CCS(=O)(=O)C1. The molecule has 1 fully saturated rings. The number of fused-ring (bicyclic) bond motifs is 1. The first-order valence-electron chi connectivity index (χ1n) is 9.14. The van der Waals surface area contributed by atoms with Gasteiger partial charge >= 0.3 is 5.97 Å². The van der Waals surface area contributed by atoms with E-state index >= 15 is 0 Å². The summed E-state index contributed by atoms with van der Waals surface area (Å²) in [5.74, 6) is -1.03. The van der Waals surface area contributed by atoms with Gasteiger partial charge in [-0.25, -0.2) is 18.2 Å². The van der Waals surface area contributed by atoms with Gasteiger partial charge in [0.05, 0.1) is 22.8 Å². The van der Waals surface area contributed by atoms with Gasteiger partial charge in [0.15, 0.2) is 21.6 Å². The van der Waals surface area contributed by atoms with Gasteiger partial charge < -0.3 is 9.64 Å². The number of carbonyl (C=O) groups is 2. The van der Waals surface area contributed by atoms with Crippen LogP contribution in [0.15, 0.2) is 12.3 Å². The van der Waals surface area contributed by atoms with Gasteiger partial charge in [0, 0.05) is 31.2 Å². The average Bonchev–Trinajstić information content (AvgIpc) is 3.14. The van der Waals surface area contributed by atoms with Crippen molar-refractivity contribution in [2.45, 2.75) is 39.3 Å². The summed E-state index contributed by atoms with van der Waals surface area (Å²) in [7, 11) is -1.35. The zero-order chi connectivity index (χ0) is 20.6. The summed E-state index contributed by atoms with van der Waals surface area (Å²) in [5, 5.41) is 5.00. The lowest BCUT2D eigenvalue weighted by Gasteiger charge is -2.29. The number of aromatic nitrogens is 3. The van der Waals surface area contributed by atoms with Crippen LogP contribution in [0, 0.1) is 6.92 Å². The Morgan fingerprint density at radius 1 is 1.43 bits per heavy atom. The van der Waals surface area contributed by atoms with Crippen LogP contribution < -0.4 is 0 Å². The second-order valence-electron chi connectivity index (χ2n) is 7.03. The largest absolute Gasteiger partial charge is 0.449 e. The smallest absolute Gasteiger partial charge is 0.340 e. The number of sulfone groups is 1. The average molecular weight is 408 g/mol. The molecule has 0 bridgehead atoms. The molecule has 0 spiro atoms. The molecule has 1 aliphatic heterocycles. The molecule has 1 amide bonds. The summed E-state index contributed by atoms with van der Waals surface area (Å²) in [5.41, 5.74) is 1.62. The van der Waals surface area contributed by atoms with Gasteiger partial charge in [0.2, 0.25) is 0 Å². The normalized spacial score (nSPS) is 19.5. The fourth-order valence-electron chi connectivity index (χ4n) is 3.55. The van der Waals surface area contributed by atoms with Crippen molar-refractivity contribution in [2.24, 2.45) is 7.05 Å². The van der Waals surface area contributed by atoms with Crippen molar-refractivity contribution in [3.63, 3.8) is 0 Å². The van der Waals surface area contributed by atoms with Crippen LogP contribution in [-0.2, 0) is 26.4 Å². The zero-order valence-electron chi connectivity index (χ0n) is 16.4. The summed E-state index contributed by atoms with van der Waals surface area (Å²) >= 11 is 0. The minimum absolute atomic E-state index is 0.0475. The van der Waals surface area contributed by atoms with Gasteiger partial charge in [-0.3, -0.25) is 9.48 Å². The van der Waals surface area contributed by atoms with E-state index in [2.05, 4.69) is 10.1 Å². The number of nitrogens with zero attached hydrogens (tertiary/aromatic N) is 4. The molecule has 3 heterocycles. The molecule has 3 rings (SSSR count). The molecule has 0 aromatic carbocycles. The number of rotatable bonds is 5. The lowest BCUT2D eigenvalue weighted by molar-refractivity contribution is -0.141. The van der Waals surface area contributed by atoms with Crippen LogP contribution in [0.1, 0.15) is 36.3 Å². The summed E-state index contributed by atoms with van der Waals surface area (Å²) < 4.78 is 30.4. The van der Waals surface area contributed by atoms with Crippen molar-refractivity contribution >= 4 is 32.7 Å². The molecule has 1 saturated heterocycles. The van der Waals surface area contributed by atoms with Crippen molar-refractivity contribution in [3.05, 3.63) is 23.5 Å². The molecule has 10 heteroatoms. The molecular weight excluding hydrogens is 384 g/mol. The van der Waals surface area contributed by atoms with Crippen LogP contribution in [0.3, 0.4) is 0 Å². The molecule has 2 aromatic rings. The third-order valence-electron chi connectivity index (χ3n) is 5.00. The molecular formula is C18H24N4O5S. The summed E-state index contributed by atoms with van der Waals surface area (Å²) in [6.07, 6.45) is 0.773. The van der Waals surface area contributed by atoms with E-state index in [1.54, 1.807) is 24.7 Å². The highest BCUT2D eigenvalue weighted by Crippen LogP contribution is 2.20. The Morgan fingerprint density at radius 3 is 2.75 bits per heavy atom. The minimum atomic E-state index is -3.12. The first-order chi connectivity index (χ1) is 13.1. The number of hydrogen-bond donors (Lipinski definition) is 0. The first kappa shape index (κ1) is 20.2. The highest BCUT2D eigenvalue weighted by molar-refractivity contribution is 7.91. The van der Waals surface area contributed by atoms with Crippen LogP contribution in [0.2, 0.25) is 0 Å². The molecule has 0 radical (unpaired) electrons. The molecule has 28 heavy (non-hydrogen) atoms. The van der Waals surface area contributed by atoms with E-state index in [1.807, 2.05) is 6.92 Å². The zero-order valence-corrected chi connectivity index (χ0v) is 17.2. The molecule has 2 aromatic heterocycles. The Kier molecular flexibility index (Phi) is 5.42. The number of pyridine rings is 1. The standard InChI is InChI=1S/C18H24N4O5S/c1-5-22(14-6-7-28(25,26)10-14)17(23)12(3)27-18(24)13-8-15-11(2)20-21(4)16(15)19-9-13/h8-9,12,14H,5-7,10H2,1-4H3. The lowest BCUT2D eigenvalue weighted by atomic mass is 10.2. The number of esters is 1. The van der Waals surface area contributed by atoms with E-state index in [0.717, 1.165) is 11.1 Å². The van der Waals surface area contributed by atoms with Gasteiger partial charge in [-0.05, 0) is 33.3 Å². The van der Waals surface area contributed by atoms with Gasteiger partial charge in [-0.2, -0.15) is 5.10 Å². The highest BCUT2D eigenvalue weighted by atomic mass is 32.2. The molecule has 2 unspecified atom stereocenters. The van der Waals surface area contributed by atoms with Gasteiger partial charge in [-0.15, -0.1) is 0 Å². The second kappa shape index (κ2) is 7.50. The Balaban J connectivity index is 1.72. The minimum Gasteiger partial charge on any atom is -0.449 e.